The lowest BCUT2D eigenvalue weighted by Crippen LogP contribution is -2.75. The number of methoxy groups -OCH3 is 1. The van der Waals surface area contributed by atoms with Crippen molar-refractivity contribution in [3.05, 3.63) is 195 Å². The van der Waals surface area contributed by atoms with Crippen LogP contribution in [0.4, 0.5) is 105 Å². The molecule has 0 aliphatic heterocycles. The number of benzene rings is 6. The molecule has 0 bridgehead atoms. The molecule has 1 heterocycles. The van der Waals surface area contributed by atoms with Gasteiger partial charge in [-0.3, -0.25) is 4.79 Å². The largest absolute Gasteiger partial charge is 0.461 e. The third kappa shape index (κ3) is 13.5. The summed E-state index contributed by atoms with van der Waals surface area (Å²) in [5, 5.41) is 1.69. The molecule has 0 aliphatic carbocycles. The normalized spacial score (nSPS) is 13.2. The van der Waals surface area contributed by atoms with E-state index >= 15 is 0 Å². The number of ether oxygens (including phenoxy) is 1. The predicted molar refractivity (Wildman–Crippen MR) is 236 cm³/mol. The summed E-state index contributed by atoms with van der Waals surface area (Å²) >= 11 is 0. The SMILES string of the molecule is COC(=O)c1c2ccccc2cc[n+]1CC(=O)c1ccccc1.FC(F)(F)c1cc([B-](c2cc(C(F)(F)F)cc(C(F)(F)F)c2)(c2cc(C(F)(F)F)cc(C(F)(F)F)c2)c2cc(C(F)(F)F)cc(C(F)(F)F)c2)cc(C(F)(F)F)c1. The van der Waals surface area contributed by atoms with E-state index in [1.54, 1.807) is 22.9 Å². The first-order chi connectivity index (χ1) is 36.5. The summed E-state index contributed by atoms with van der Waals surface area (Å²) in [6, 6.07) is 9.65. The fraction of sp³-hybridized carbons (Fsp3) is 0.196. The number of rotatable bonds is 8. The number of esters is 1. The Morgan fingerprint density at radius 1 is 0.388 bits per heavy atom. The Morgan fingerprint density at radius 2 is 0.662 bits per heavy atom. The molecular formula is C51H28BF24NO3. The van der Waals surface area contributed by atoms with Crippen LogP contribution in [0.3, 0.4) is 0 Å². The lowest BCUT2D eigenvalue weighted by Gasteiger charge is -2.46. The average molecular weight is 1170 g/mol. The predicted octanol–water partition coefficient (Wildman–Crippen LogP) is 14.0. The van der Waals surface area contributed by atoms with Crippen molar-refractivity contribution in [2.24, 2.45) is 0 Å². The van der Waals surface area contributed by atoms with E-state index < -0.39 is 201 Å². The van der Waals surface area contributed by atoms with E-state index in [0.717, 1.165) is 10.8 Å². The van der Waals surface area contributed by atoms with Crippen molar-refractivity contribution < 1.29 is 124 Å². The summed E-state index contributed by atoms with van der Waals surface area (Å²) in [7, 11) is 1.34. The van der Waals surface area contributed by atoms with Crippen molar-refractivity contribution in [2.45, 2.75) is 56.0 Å². The van der Waals surface area contributed by atoms with Crippen molar-refractivity contribution in [1.82, 2.24) is 0 Å². The number of ketones is 1. The number of fused-ring (bicyclic) bond motifs is 1. The molecule has 0 radical (unpaired) electrons. The number of pyridine rings is 1. The smallest absolute Gasteiger partial charge is 0.416 e. The summed E-state index contributed by atoms with van der Waals surface area (Å²) in [5.41, 5.74) is -29.2. The fourth-order valence-corrected chi connectivity index (χ4v) is 8.65. The number of Topliss-reactive ketones (excluding diaryl/α,β-unsaturated/α-hetero) is 1. The highest BCUT2D eigenvalue weighted by Gasteiger charge is 2.47. The Bertz CT molecular complexity index is 3000. The molecule has 6 aromatic carbocycles. The second-order valence-corrected chi connectivity index (χ2v) is 17.4. The van der Waals surface area contributed by atoms with Crippen LogP contribution in [-0.2, 0) is 60.7 Å². The molecule has 0 amide bonds. The molecule has 426 valence electrons. The van der Waals surface area contributed by atoms with Gasteiger partial charge in [0.25, 0.3) is 5.69 Å². The molecule has 29 heteroatoms. The maximum atomic E-state index is 14.2. The molecule has 0 saturated heterocycles. The van der Waals surface area contributed by atoms with Gasteiger partial charge in [-0.2, -0.15) is 132 Å². The van der Waals surface area contributed by atoms with Crippen molar-refractivity contribution in [1.29, 1.82) is 0 Å². The van der Waals surface area contributed by atoms with Gasteiger partial charge in [0, 0.05) is 11.6 Å². The summed E-state index contributed by atoms with van der Waals surface area (Å²) in [4.78, 5) is 24.7. The Balaban J connectivity index is 0.000000370. The average Bonchev–Trinajstić information content (AvgIpc) is 3.34. The van der Waals surface area contributed by atoms with Crippen LogP contribution >= 0.6 is 0 Å². The maximum Gasteiger partial charge on any atom is 0.416 e. The van der Waals surface area contributed by atoms with E-state index in [2.05, 4.69) is 0 Å². The minimum absolute atomic E-state index is 0.0592. The van der Waals surface area contributed by atoms with E-state index in [-0.39, 0.29) is 12.3 Å². The van der Waals surface area contributed by atoms with Crippen molar-refractivity contribution in [3.8, 4) is 0 Å². The number of carbonyl (C=O) groups excluding carboxylic acids is 2. The summed E-state index contributed by atoms with van der Waals surface area (Å²) in [6.45, 7) is 0.0826. The van der Waals surface area contributed by atoms with Crippen LogP contribution in [-0.4, -0.2) is 25.0 Å². The first kappa shape index (κ1) is 61.5. The Morgan fingerprint density at radius 3 is 0.938 bits per heavy atom. The highest BCUT2D eigenvalue weighted by molar-refractivity contribution is 7.20. The molecule has 7 aromatic rings. The zero-order chi connectivity index (χ0) is 60.1. The van der Waals surface area contributed by atoms with Crippen LogP contribution in [0.5, 0.6) is 0 Å². The molecule has 0 atom stereocenters. The van der Waals surface area contributed by atoms with Gasteiger partial charge >= 0.3 is 55.4 Å². The van der Waals surface area contributed by atoms with Crippen molar-refractivity contribution >= 4 is 50.5 Å². The number of hydrogen-bond donors (Lipinski definition) is 0. The second kappa shape index (κ2) is 21.4. The lowest BCUT2D eigenvalue weighted by molar-refractivity contribution is -0.684. The van der Waals surface area contributed by atoms with Crippen molar-refractivity contribution in [2.75, 3.05) is 7.11 Å². The quantitative estimate of drug-likeness (QED) is 0.0501. The van der Waals surface area contributed by atoms with E-state index in [0.29, 0.717) is 11.3 Å². The topological polar surface area (TPSA) is 47.2 Å². The van der Waals surface area contributed by atoms with Gasteiger partial charge in [0.1, 0.15) is 6.15 Å². The van der Waals surface area contributed by atoms with E-state index in [1.165, 1.54) is 7.11 Å². The van der Waals surface area contributed by atoms with Gasteiger partial charge in [0.2, 0.25) is 12.3 Å². The summed E-state index contributed by atoms with van der Waals surface area (Å²) in [5.74, 6) is -0.515. The van der Waals surface area contributed by atoms with Crippen LogP contribution in [0.2, 0.25) is 0 Å². The lowest BCUT2D eigenvalue weighted by atomic mass is 9.12. The minimum Gasteiger partial charge on any atom is -0.461 e. The van der Waals surface area contributed by atoms with Crippen LogP contribution in [0.1, 0.15) is 65.4 Å². The molecule has 7 rings (SSSR count). The van der Waals surface area contributed by atoms with Gasteiger partial charge in [0.05, 0.1) is 57.0 Å². The number of alkyl halides is 24. The van der Waals surface area contributed by atoms with Crippen molar-refractivity contribution in [3.63, 3.8) is 0 Å². The van der Waals surface area contributed by atoms with E-state index in [1.807, 2.05) is 48.5 Å². The molecule has 4 nitrogen and oxygen atoms in total. The third-order valence-electron chi connectivity index (χ3n) is 12.2. The highest BCUT2D eigenvalue weighted by atomic mass is 19.4. The molecule has 0 N–H and O–H groups in total. The molecular weight excluding hydrogens is 1140 g/mol. The molecule has 0 fully saturated rings. The maximum absolute atomic E-state index is 14.2. The van der Waals surface area contributed by atoms with Gasteiger partial charge in [-0.25, -0.2) is 4.79 Å². The van der Waals surface area contributed by atoms with Crippen LogP contribution in [0, 0.1) is 0 Å². The zero-order valence-electron chi connectivity index (χ0n) is 39.3. The standard InChI is InChI=1S/C32H12BF24.C19H16NO3/c34-25(35,36)13-1-14(26(37,38)39)6-21(5-13)33(22-7-15(27(40,41)42)2-16(8-22)28(43,44)45,23-9-17(29(46,47)48)3-18(10-23)30(49,50)51)24-11-19(31(52,53)54)4-20(12-24)32(55,56)57;1-23-19(22)18-16-10-6-5-7-14(16)11-12-20(18)13-17(21)15-8-3-2-4-9-15/h1-12H;2-12H,13H2,1H3/q-1;+1. The first-order valence-corrected chi connectivity index (χ1v) is 21.9. The molecule has 1 aromatic heterocycles. The molecule has 0 aliphatic rings. The molecule has 80 heavy (non-hydrogen) atoms. The fourth-order valence-electron chi connectivity index (χ4n) is 8.65. The van der Waals surface area contributed by atoms with Gasteiger partial charge < -0.3 is 4.74 Å². The number of aromatic nitrogens is 1. The summed E-state index contributed by atoms with van der Waals surface area (Å²) < 4.78 is 347. The van der Waals surface area contributed by atoms with Gasteiger partial charge in [0.15, 0.2) is 6.20 Å². The third-order valence-corrected chi connectivity index (χ3v) is 12.2. The van der Waals surface area contributed by atoms with Gasteiger partial charge in [-0.15, -0.1) is 0 Å². The van der Waals surface area contributed by atoms with Crippen LogP contribution in [0.25, 0.3) is 10.8 Å². The van der Waals surface area contributed by atoms with Crippen LogP contribution in [0.15, 0.2) is 140 Å². The monoisotopic (exact) mass is 1170 g/mol. The highest BCUT2D eigenvalue weighted by Crippen LogP contribution is 2.41. The minimum atomic E-state index is -6.13. The Labute approximate surface area is 432 Å². The summed E-state index contributed by atoms with van der Waals surface area (Å²) in [6.07, 6.45) is -53.1. The molecule has 0 saturated carbocycles. The number of halogens is 24. The van der Waals surface area contributed by atoms with Crippen LogP contribution < -0.4 is 26.4 Å². The molecule has 0 spiro atoms. The van der Waals surface area contributed by atoms with Gasteiger partial charge in [-0.05, 0) is 35.7 Å². The zero-order valence-corrected chi connectivity index (χ0v) is 39.3. The number of hydrogen-bond acceptors (Lipinski definition) is 3. The molecule has 0 unspecified atom stereocenters. The number of nitrogens with zero attached hydrogens (tertiary/aromatic N) is 1. The Kier molecular flexibility index (Phi) is 16.4. The Hall–Kier alpha value is -7.75. The second-order valence-electron chi connectivity index (χ2n) is 17.4. The van der Waals surface area contributed by atoms with E-state index in [9.17, 15) is 115 Å². The van der Waals surface area contributed by atoms with E-state index in [4.69, 9.17) is 4.74 Å². The number of carbonyl (C=O) groups is 2. The van der Waals surface area contributed by atoms with Gasteiger partial charge in [-0.1, -0.05) is 97.1 Å². The first-order valence-electron chi connectivity index (χ1n) is 21.9.